The minimum absolute atomic E-state index is 0.0659. The van der Waals surface area contributed by atoms with Gasteiger partial charge in [0.15, 0.2) is 6.10 Å². The molecule has 0 fully saturated rings. The molecule has 0 rings (SSSR count). The normalized spacial score (nSPS) is 12.0. The molecule has 6 nitrogen and oxygen atoms in total. The van der Waals surface area contributed by atoms with E-state index in [0.29, 0.717) is 19.3 Å². The van der Waals surface area contributed by atoms with E-state index in [0.717, 1.165) is 64.2 Å². The van der Waals surface area contributed by atoms with Crippen LogP contribution in [0.2, 0.25) is 0 Å². The minimum atomic E-state index is -0.769. The molecule has 0 aromatic heterocycles. The van der Waals surface area contributed by atoms with Gasteiger partial charge in [-0.25, -0.2) is 0 Å². The van der Waals surface area contributed by atoms with Crippen LogP contribution in [0.3, 0.4) is 0 Å². The molecule has 0 amide bonds. The third kappa shape index (κ3) is 66.8. The molecule has 0 heterocycles. The zero-order chi connectivity index (χ0) is 57.1. The molecule has 0 N–H and O–H groups in total. The van der Waals surface area contributed by atoms with E-state index >= 15 is 0 Å². The Balaban J connectivity index is 4.07. The maximum atomic E-state index is 12.9. The number of ether oxygens (including phenoxy) is 3. The zero-order valence-electron chi connectivity index (χ0n) is 53.9. The molecular formula is C73H140O6. The second-order valence-corrected chi connectivity index (χ2v) is 24.9. The van der Waals surface area contributed by atoms with Gasteiger partial charge in [0.1, 0.15) is 13.2 Å². The van der Waals surface area contributed by atoms with Crippen LogP contribution in [-0.4, -0.2) is 37.2 Å². The molecule has 0 saturated heterocycles. The predicted molar refractivity (Wildman–Crippen MR) is 344 cm³/mol. The van der Waals surface area contributed by atoms with Gasteiger partial charge >= 0.3 is 17.9 Å². The SMILES string of the molecule is CCCC/C=C\CCCCCCCC(=O)OCC(COC(=O)CCCCCCCCCCCCCCCCCCCCCCCCCCCCCCCCC)OC(=O)CCCCCCCCCCCCCCCCCCCCC. The number of carbonyl (C=O) groups is 3. The predicted octanol–water partition coefficient (Wildman–Crippen LogP) is 24.8. The average Bonchev–Trinajstić information content (AvgIpc) is 3.45. The highest BCUT2D eigenvalue weighted by atomic mass is 16.6. The summed E-state index contributed by atoms with van der Waals surface area (Å²) in [6.45, 7) is 6.68. The Morgan fingerprint density at radius 3 is 0.671 bits per heavy atom. The molecule has 0 aliphatic heterocycles. The Bertz CT molecular complexity index is 1230. The second kappa shape index (κ2) is 68.6. The molecule has 0 aromatic carbocycles. The Kier molecular flexibility index (Phi) is 67.0. The Hall–Kier alpha value is -1.85. The van der Waals surface area contributed by atoms with E-state index in [-0.39, 0.29) is 31.1 Å². The van der Waals surface area contributed by atoms with Crippen molar-refractivity contribution < 1.29 is 28.6 Å². The number of esters is 3. The molecule has 0 aliphatic carbocycles. The first-order valence-electron chi connectivity index (χ1n) is 36.2. The van der Waals surface area contributed by atoms with Crippen LogP contribution in [0.4, 0.5) is 0 Å². The monoisotopic (exact) mass is 1110 g/mol. The first-order chi connectivity index (χ1) is 39.0. The molecule has 468 valence electrons. The summed E-state index contributed by atoms with van der Waals surface area (Å²) in [7, 11) is 0. The number of unbranched alkanes of at least 4 members (excludes halogenated alkanes) is 55. The largest absolute Gasteiger partial charge is 0.462 e. The van der Waals surface area contributed by atoms with Crippen LogP contribution in [-0.2, 0) is 28.6 Å². The van der Waals surface area contributed by atoms with Crippen LogP contribution in [0, 0.1) is 0 Å². The van der Waals surface area contributed by atoms with Crippen molar-refractivity contribution in [1.82, 2.24) is 0 Å². The van der Waals surface area contributed by atoms with E-state index < -0.39 is 6.10 Å². The fraction of sp³-hybridized carbons (Fsp3) is 0.932. The third-order valence-electron chi connectivity index (χ3n) is 16.8. The lowest BCUT2D eigenvalue weighted by Crippen LogP contribution is -2.30. The summed E-state index contributed by atoms with van der Waals surface area (Å²) in [5, 5.41) is 0. The number of carbonyl (C=O) groups excluding carboxylic acids is 3. The van der Waals surface area contributed by atoms with Crippen LogP contribution < -0.4 is 0 Å². The molecule has 0 bridgehead atoms. The Morgan fingerprint density at radius 2 is 0.430 bits per heavy atom. The highest BCUT2D eigenvalue weighted by Gasteiger charge is 2.19. The number of hydrogen-bond donors (Lipinski definition) is 0. The van der Waals surface area contributed by atoms with Gasteiger partial charge in [-0.15, -0.1) is 0 Å². The van der Waals surface area contributed by atoms with Gasteiger partial charge in [0.2, 0.25) is 0 Å². The zero-order valence-corrected chi connectivity index (χ0v) is 53.9. The van der Waals surface area contributed by atoms with E-state index in [1.807, 2.05) is 0 Å². The second-order valence-electron chi connectivity index (χ2n) is 24.9. The molecular weight excluding hydrogens is 973 g/mol. The topological polar surface area (TPSA) is 78.9 Å². The maximum Gasteiger partial charge on any atom is 0.306 e. The van der Waals surface area contributed by atoms with Crippen LogP contribution >= 0.6 is 0 Å². The van der Waals surface area contributed by atoms with Crippen molar-refractivity contribution in [3.63, 3.8) is 0 Å². The highest BCUT2D eigenvalue weighted by Crippen LogP contribution is 2.19. The number of allylic oxidation sites excluding steroid dienone is 2. The van der Waals surface area contributed by atoms with Gasteiger partial charge in [-0.05, 0) is 38.5 Å². The van der Waals surface area contributed by atoms with Gasteiger partial charge in [-0.2, -0.15) is 0 Å². The number of rotatable bonds is 68. The molecule has 6 heteroatoms. The summed E-state index contributed by atoms with van der Waals surface area (Å²) < 4.78 is 17.0. The van der Waals surface area contributed by atoms with E-state index in [1.165, 1.54) is 315 Å². The van der Waals surface area contributed by atoms with Gasteiger partial charge in [0.25, 0.3) is 0 Å². The molecule has 0 radical (unpaired) electrons. The summed E-state index contributed by atoms with van der Waals surface area (Å²) >= 11 is 0. The highest BCUT2D eigenvalue weighted by molar-refractivity contribution is 5.71. The lowest BCUT2D eigenvalue weighted by atomic mass is 10.0. The Labute approximate surface area is 494 Å². The van der Waals surface area contributed by atoms with E-state index in [2.05, 4.69) is 32.9 Å². The molecule has 0 saturated carbocycles. The van der Waals surface area contributed by atoms with Crippen LogP contribution in [0.15, 0.2) is 12.2 Å². The van der Waals surface area contributed by atoms with E-state index in [9.17, 15) is 14.4 Å². The standard InChI is InChI=1S/C73H140O6/c1-4-7-10-13-16-19-22-24-26-28-30-31-32-33-34-35-36-37-38-39-40-41-43-44-46-48-51-54-57-60-63-66-72(75)78-69-70(68-77-71(74)65-62-59-56-53-50-21-18-15-12-9-6-3)79-73(76)67-64-61-58-55-52-49-47-45-42-29-27-25-23-20-17-14-11-8-5-2/h15,18,70H,4-14,16-17,19-69H2,1-3H3/b18-15-. The molecule has 79 heavy (non-hydrogen) atoms. The van der Waals surface area contributed by atoms with E-state index in [1.54, 1.807) is 0 Å². The molecule has 1 atom stereocenters. The maximum absolute atomic E-state index is 12.9. The van der Waals surface area contributed by atoms with Crippen molar-refractivity contribution in [3.05, 3.63) is 12.2 Å². The summed E-state index contributed by atoms with van der Waals surface area (Å²) in [6, 6.07) is 0. The smallest absolute Gasteiger partial charge is 0.306 e. The molecule has 0 aromatic rings. The summed E-state index contributed by atoms with van der Waals surface area (Å²) in [5.74, 6) is -0.843. The summed E-state index contributed by atoms with van der Waals surface area (Å²) in [4.78, 5) is 38.3. The van der Waals surface area contributed by atoms with Crippen molar-refractivity contribution in [3.8, 4) is 0 Å². The summed E-state index contributed by atoms with van der Waals surface area (Å²) in [6.07, 6.45) is 82.7. The Morgan fingerprint density at radius 1 is 0.241 bits per heavy atom. The van der Waals surface area contributed by atoms with Gasteiger partial charge in [0, 0.05) is 19.3 Å². The van der Waals surface area contributed by atoms with Crippen molar-refractivity contribution in [1.29, 1.82) is 0 Å². The number of hydrogen-bond acceptors (Lipinski definition) is 6. The fourth-order valence-corrected chi connectivity index (χ4v) is 11.3. The lowest BCUT2D eigenvalue weighted by Gasteiger charge is -2.18. The van der Waals surface area contributed by atoms with Gasteiger partial charge < -0.3 is 14.2 Å². The van der Waals surface area contributed by atoms with Crippen molar-refractivity contribution in [2.75, 3.05) is 13.2 Å². The minimum Gasteiger partial charge on any atom is -0.462 e. The van der Waals surface area contributed by atoms with Crippen LogP contribution in [0.1, 0.15) is 419 Å². The average molecular weight is 1110 g/mol. The molecule has 0 spiro atoms. The first kappa shape index (κ1) is 77.2. The van der Waals surface area contributed by atoms with Gasteiger partial charge in [-0.3, -0.25) is 14.4 Å². The van der Waals surface area contributed by atoms with Crippen LogP contribution in [0.5, 0.6) is 0 Å². The van der Waals surface area contributed by atoms with Crippen LogP contribution in [0.25, 0.3) is 0 Å². The van der Waals surface area contributed by atoms with Crippen molar-refractivity contribution >= 4 is 17.9 Å². The molecule has 0 aliphatic rings. The molecule has 1 unspecified atom stereocenters. The first-order valence-corrected chi connectivity index (χ1v) is 36.2. The van der Waals surface area contributed by atoms with Crippen molar-refractivity contribution in [2.45, 2.75) is 425 Å². The van der Waals surface area contributed by atoms with Crippen molar-refractivity contribution in [2.24, 2.45) is 0 Å². The quantitative estimate of drug-likeness (QED) is 0.0261. The van der Waals surface area contributed by atoms with Gasteiger partial charge in [-0.1, -0.05) is 373 Å². The van der Waals surface area contributed by atoms with E-state index in [4.69, 9.17) is 14.2 Å². The summed E-state index contributed by atoms with van der Waals surface area (Å²) in [5.41, 5.74) is 0. The van der Waals surface area contributed by atoms with Gasteiger partial charge in [0.05, 0.1) is 0 Å². The third-order valence-corrected chi connectivity index (χ3v) is 16.8. The lowest BCUT2D eigenvalue weighted by molar-refractivity contribution is -0.167. The fourth-order valence-electron chi connectivity index (χ4n) is 11.3.